The molecule has 1 aromatic rings. The Labute approximate surface area is 107 Å². The molecule has 1 heterocycles. The quantitative estimate of drug-likeness (QED) is 0.776. The highest BCUT2D eigenvalue weighted by Crippen LogP contribution is 2.26. The minimum Gasteiger partial charge on any atom is -0.406 e. The molecule has 96 valence electrons. The van der Waals surface area contributed by atoms with Gasteiger partial charge >= 0.3 is 6.01 Å². The summed E-state index contributed by atoms with van der Waals surface area (Å²) in [6, 6.07) is 0.582. The predicted molar refractivity (Wildman–Crippen MR) is 68.4 cm³/mol. The van der Waals surface area contributed by atoms with Crippen LogP contribution in [0.1, 0.15) is 50.3 Å². The Balaban J connectivity index is 1.91. The third kappa shape index (κ3) is 3.35. The van der Waals surface area contributed by atoms with Crippen LogP contribution in [0, 0.1) is 5.92 Å². The number of hydrogen-bond donors (Lipinski definition) is 0. The van der Waals surface area contributed by atoms with E-state index >= 15 is 0 Å². The van der Waals surface area contributed by atoms with Crippen molar-refractivity contribution in [2.75, 3.05) is 18.5 Å². The molecule has 4 nitrogen and oxygen atoms in total. The van der Waals surface area contributed by atoms with Crippen LogP contribution in [0.15, 0.2) is 4.42 Å². The van der Waals surface area contributed by atoms with Crippen molar-refractivity contribution < 1.29 is 4.42 Å². The van der Waals surface area contributed by atoms with Crippen LogP contribution >= 0.6 is 11.6 Å². The fraction of sp³-hybridized carbons (Fsp3) is 0.833. The Morgan fingerprint density at radius 3 is 2.65 bits per heavy atom. The molecule has 2 rings (SSSR count). The average Bonchev–Trinajstić information content (AvgIpc) is 2.79. The minimum atomic E-state index is -0.223. The zero-order chi connectivity index (χ0) is 12.3. The molecule has 17 heavy (non-hydrogen) atoms. The van der Waals surface area contributed by atoms with E-state index in [4.69, 9.17) is 16.0 Å². The zero-order valence-corrected chi connectivity index (χ0v) is 11.3. The van der Waals surface area contributed by atoms with Gasteiger partial charge in [-0.3, -0.25) is 0 Å². The van der Waals surface area contributed by atoms with Gasteiger partial charge in [0.2, 0.25) is 5.89 Å². The number of hydrogen-bond acceptors (Lipinski definition) is 4. The van der Waals surface area contributed by atoms with E-state index in [0.29, 0.717) is 11.9 Å². The van der Waals surface area contributed by atoms with Crippen molar-refractivity contribution >= 4 is 17.6 Å². The number of rotatable bonds is 4. The molecule has 0 saturated heterocycles. The van der Waals surface area contributed by atoms with E-state index in [2.05, 4.69) is 10.2 Å². The summed E-state index contributed by atoms with van der Waals surface area (Å²) in [5.74, 6) is 1.26. The summed E-state index contributed by atoms with van der Waals surface area (Å²) in [5, 5.41) is 7.74. The molecule has 1 aliphatic carbocycles. The first-order chi connectivity index (χ1) is 8.16. The van der Waals surface area contributed by atoms with Crippen molar-refractivity contribution in [3.05, 3.63) is 5.89 Å². The monoisotopic (exact) mass is 257 g/mol. The van der Waals surface area contributed by atoms with Gasteiger partial charge in [0.1, 0.15) is 5.38 Å². The molecule has 0 amide bonds. The van der Waals surface area contributed by atoms with Crippen LogP contribution in [0.4, 0.5) is 6.01 Å². The molecular formula is C12H20ClN3O. The lowest BCUT2D eigenvalue weighted by atomic mass is 9.89. The highest BCUT2D eigenvalue weighted by molar-refractivity contribution is 6.20. The number of nitrogens with zero attached hydrogens (tertiary/aromatic N) is 3. The second-order valence-electron chi connectivity index (χ2n) is 4.92. The van der Waals surface area contributed by atoms with E-state index in [9.17, 15) is 0 Å². The van der Waals surface area contributed by atoms with Gasteiger partial charge in [-0.2, -0.15) is 0 Å². The molecule has 0 aliphatic heterocycles. The standard InChI is InChI=1S/C12H20ClN3O/c1-9(13)11-14-15-12(17-11)16(2)8-10-6-4-3-5-7-10/h9-10H,3-8H2,1-2H3. The first-order valence-corrected chi connectivity index (χ1v) is 6.79. The SMILES string of the molecule is CC(Cl)c1nnc(N(C)CC2CCCCC2)o1. The zero-order valence-electron chi connectivity index (χ0n) is 10.5. The number of halogens is 1. The molecule has 0 N–H and O–H groups in total. The third-order valence-corrected chi connectivity index (χ3v) is 3.54. The number of aromatic nitrogens is 2. The topological polar surface area (TPSA) is 42.2 Å². The van der Waals surface area contributed by atoms with Gasteiger partial charge in [0, 0.05) is 13.6 Å². The van der Waals surface area contributed by atoms with Crippen molar-refractivity contribution in [3.8, 4) is 0 Å². The van der Waals surface area contributed by atoms with E-state index in [1.165, 1.54) is 32.1 Å². The third-order valence-electron chi connectivity index (χ3n) is 3.35. The highest BCUT2D eigenvalue weighted by Gasteiger charge is 2.19. The summed E-state index contributed by atoms with van der Waals surface area (Å²) in [5.41, 5.74) is 0. The number of anilines is 1. The van der Waals surface area contributed by atoms with Crippen LogP contribution in [0.5, 0.6) is 0 Å². The molecule has 0 bridgehead atoms. The van der Waals surface area contributed by atoms with Crippen LogP contribution in [0.2, 0.25) is 0 Å². The van der Waals surface area contributed by atoms with Crippen molar-refractivity contribution in [3.63, 3.8) is 0 Å². The van der Waals surface area contributed by atoms with Crippen LogP contribution in [0.25, 0.3) is 0 Å². The first kappa shape index (κ1) is 12.7. The molecule has 1 atom stereocenters. The maximum Gasteiger partial charge on any atom is 0.317 e. The van der Waals surface area contributed by atoms with Gasteiger partial charge in [-0.15, -0.1) is 16.7 Å². The van der Waals surface area contributed by atoms with Crippen LogP contribution in [-0.2, 0) is 0 Å². The van der Waals surface area contributed by atoms with E-state index in [1.807, 2.05) is 18.9 Å². The maximum atomic E-state index is 5.90. The fourth-order valence-electron chi connectivity index (χ4n) is 2.38. The molecule has 0 aromatic carbocycles. The van der Waals surface area contributed by atoms with Gasteiger partial charge in [-0.05, 0) is 25.7 Å². The maximum absolute atomic E-state index is 5.90. The lowest BCUT2D eigenvalue weighted by molar-refractivity contribution is 0.355. The van der Waals surface area contributed by atoms with E-state index in [-0.39, 0.29) is 5.38 Å². The van der Waals surface area contributed by atoms with E-state index < -0.39 is 0 Å². The second-order valence-corrected chi connectivity index (χ2v) is 5.58. The Hall–Kier alpha value is -0.770. The summed E-state index contributed by atoms with van der Waals surface area (Å²) < 4.78 is 5.52. The lowest BCUT2D eigenvalue weighted by Crippen LogP contribution is -2.27. The predicted octanol–water partition coefficient (Wildman–Crippen LogP) is 3.39. The van der Waals surface area contributed by atoms with Crippen molar-refractivity contribution in [2.24, 2.45) is 5.92 Å². The molecule has 1 aliphatic rings. The summed E-state index contributed by atoms with van der Waals surface area (Å²) in [7, 11) is 2.00. The van der Waals surface area contributed by atoms with Gasteiger partial charge in [0.25, 0.3) is 0 Å². The van der Waals surface area contributed by atoms with Crippen molar-refractivity contribution in [1.29, 1.82) is 0 Å². The van der Waals surface area contributed by atoms with E-state index in [0.717, 1.165) is 12.5 Å². The average molecular weight is 258 g/mol. The molecule has 0 spiro atoms. The first-order valence-electron chi connectivity index (χ1n) is 6.35. The van der Waals surface area contributed by atoms with Gasteiger partial charge < -0.3 is 9.32 Å². The molecule has 1 saturated carbocycles. The molecule has 1 aromatic heterocycles. The molecular weight excluding hydrogens is 238 g/mol. The van der Waals surface area contributed by atoms with Gasteiger partial charge in [0.15, 0.2) is 0 Å². The van der Waals surface area contributed by atoms with E-state index in [1.54, 1.807) is 0 Å². The summed E-state index contributed by atoms with van der Waals surface area (Å²) >= 11 is 5.90. The Morgan fingerprint density at radius 1 is 1.35 bits per heavy atom. The smallest absolute Gasteiger partial charge is 0.317 e. The van der Waals surface area contributed by atoms with Gasteiger partial charge in [-0.25, -0.2) is 0 Å². The summed E-state index contributed by atoms with van der Waals surface area (Å²) in [4.78, 5) is 2.05. The Kier molecular flexibility index (Phi) is 4.26. The summed E-state index contributed by atoms with van der Waals surface area (Å²) in [6.07, 6.45) is 6.72. The minimum absolute atomic E-state index is 0.223. The van der Waals surface area contributed by atoms with Crippen LogP contribution in [0.3, 0.4) is 0 Å². The molecule has 1 unspecified atom stereocenters. The van der Waals surface area contributed by atoms with Gasteiger partial charge in [0.05, 0.1) is 0 Å². The number of alkyl halides is 1. The van der Waals surface area contributed by atoms with Crippen LogP contribution in [-0.4, -0.2) is 23.8 Å². The highest BCUT2D eigenvalue weighted by atomic mass is 35.5. The summed E-state index contributed by atoms with van der Waals surface area (Å²) in [6.45, 7) is 2.83. The molecule has 1 fully saturated rings. The molecule has 0 radical (unpaired) electrons. The largest absolute Gasteiger partial charge is 0.406 e. The lowest BCUT2D eigenvalue weighted by Gasteiger charge is -2.25. The van der Waals surface area contributed by atoms with Crippen molar-refractivity contribution in [1.82, 2.24) is 10.2 Å². The Bertz CT molecular complexity index is 347. The van der Waals surface area contributed by atoms with Gasteiger partial charge in [-0.1, -0.05) is 24.4 Å². The fourth-order valence-corrected chi connectivity index (χ4v) is 2.46. The normalized spacial score (nSPS) is 19.2. The molecule has 5 heteroatoms. The van der Waals surface area contributed by atoms with Crippen LogP contribution < -0.4 is 4.90 Å². The second kappa shape index (κ2) is 5.71. The van der Waals surface area contributed by atoms with Crippen molar-refractivity contribution in [2.45, 2.75) is 44.4 Å². The Morgan fingerprint density at radius 2 is 2.06 bits per heavy atom.